The monoisotopic (exact) mass is 405 g/mol. The van der Waals surface area contributed by atoms with Crippen LogP contribution in [0.2, 0.25) is 0 Å². The van der Waals surface area contributed by atoms with Gasteiger partial charge in [-0.3, -0.25) is 10.1 Å². The summed E-state index contributed by atoms with van der Waals surface area (Å²) < 4.78 is 32.6. The molecule has 0 aromatic heterocycles. The fraction of sp³-hybridized carbons (Fsp3) is 0.400. The van der Waals surface area contributed by atoms with Crippen molar-refractivity contribution in [3.8, 4) is 0 Å². The lowest BCUT2D eigenvalue weighted by Crippen LogP contribution is -2.57. The highest BCUT2D eigenvalue weighted by molar-refractivity contribution is 7.99. The molecule has 0 spiro atoms. The SMILES string of the molecule is C[C@@]1([N+](=O)[O-])[C@@H]2OC(c3ccccc3)OC[C@H]2O[C@@H]1[C@@H](F)Sc1ccccc1. The first-order valence-electron chi connectivity index (χ1n) is 8.98. The van der Waals surface area contributed by atoms with E-state index in [2.05, 4.69) is 0 Å². The number of rotatable bonds is 5. The van der Waals surface area contributed by atoms with E-state index in [-0.39, 0.29) is 6.61 Å². The molecule has 6 atom stereocenters. The van der Waals surface area contributed by atoms with Crippen LogP contribution in [0.1, 0.15) is 18.8 Å². The standard InChI is InChI=1S/C20H20FNO5S/c1-20(22(23)24)16-15(12-25-19(27-16)13-8-4-2-5-9-13)26-17(20)18(21)28-14-10-6-3-7-11-14/h2-11,15-19H,12H2,1H3/t15-,16-,17-,18+,19?,20-/m1/s1. The molecule has 0 saturated carbocycles. The van der Waals surface area contributed by atoms with E-state index in [0.717, 1.165) is 17.3 Å². The molecule has 0 amide bonds. The van der Waals surface area contributed by atoms with E-state index in [1.807, 2.05) is 36.4 Å². The molecule has 2 aliphatic heterocycles. The molecular formula is C20H20FNO5S. The Bertz CT molecular complexity index is 822. The first-order valence-corrected chi connectivity index (χ1v) is 9.86. The van der Waals surface area contributed by atoms with Crippen LogP contribution in [0.25, 0.3) is 0 Å². The lowest BCUT2D eigenvalue weighted by Gasteiger charge is -2.34. The van der Waals surface area contributed by atoms with Gasteiger partial charge in [-0.05, 0) is 12.1 Å². The van der Waals surface area contributed by atoms with Crippen LogP contribution in [0.4, 0.5) is 4.39 Å². The Morgan fingerprint density at radius 1 is 1.14 bits per heavy atom. The first-order chi connectivity index (χ1) is 13.5. The van der Waals surface area contributed by atoms with Crippen molar-refractivity contribution < 1.29 is 23.5 Å². The van der Waals surface area contributed by atoms with Crippen LogP contribution < -0.4 is 0 Å². The van der Waals surface area contributed by atoms with Gasteiger partial charge >= 0.3 is 0 Å². The number of fused-ring (bicyclic) bond motifs is 1. The van der Waals surface area contributed by atoms with Gasteiger partial charge in [0.15, 0.2) is 24.0 Å². The van der Waals surface area contributed by atoms with Gasteiger partial charge in [-0.2, -0.15) is 0 Å². The molecule has 2 aliphatic rings. The maximum atomic E-state index is 15.1. The number of hydrogen-bond donors (Lipinski definition) is 0. The van der Waals surface area contributed by atoms with Crippen LogP contribution in [0, 0.1) is 10.1 Å². The number of thioether (sulfide) groups is 1. The summed E-state index contributed by atoms with van der Waals surface area (Å²) in [5.74, 6) is 0. The normalized spacial score (nSPS) is 33.2. The number of nitrogens with zero attached hydrogens (tertiary/aromatic N) is 1. The molecule has 0 radical (unpaired) electrons. The van der Waals surface area contributed by atoms with Crippen molar-refractivity contribution in [1.29, 1.82) is 0 Å². The highest BCUT2D eigenvalue weighted by atomic mass is 32.2. The Hall–Kier alpha value is -2.00. The summed E-state index contributed by atoms with van der Waals surface area (Å²) in [4.78, 5) is 12.2. The molecule has 2 heterocycles. The van der Waals surface area contributed by atoms with Gasteiger partial charge in [-0.15, -0.1) is 0 Å². The second kappa shape index (κ2) is 7.79. The van der Waals surface area contributed by atoms with E-state index in [1.54, 1.807) is 24.3 Å². The zero-order valence-electron chi connectivity index (χ0n) is 15.1. The highest BCUT2D eigenvalue weighted by Crippen LogP contribution is 2.46. The minimum absolute atomic E-state index is 0.104. The van der Waals surface area contributed by atoms with Gasteiger partial charge in [0.1, 0.15) is 6.10 Å². The van der Waals surface area contributed by atoms with Crippen molar-refractivity contribution in [2.45, 2.75) is 47.5 Å². The summed E-state index contributed by atoms with van der Waals surface area (Å²) >= 11 is 0.911. The van der Waals surface area contributed by atoms with Crippen molar-refractivity contribution in [3.05, 3.63) is 76.3 Å². The molecule has 0 aliphatic carbocycles. The second-order valence-corrected chi connectivity index (χ2v) is 8.15. The number of nitro groups is 1. The van der Waals surface area contributed by atoms with Crippen molar-refractivity contribution >= 4 is 11.8 Å². The summed E-state index contributed by atoms with van der Waals surface area (Å²) in [7, 11) is 0. The minimum Gasteiger partial charge on any atom is -0.358 e. The highest BCUT2D eigenvalue weighted by Gasteiger charge is 2.68. The van der Waals surface area contributed by atoms with Gasteiger partial charge in [0.2, 0.25) is 0 Å². The van der Waals surface area contributed by atoms with Crippen molar-refractivity contribution in [2.24, 2.45) is 0 Å². The number of halogens is 1. The van der Waals surface area contributed by atoms with E-state index >= 15 is 4.39 Å². The number of ether oxygens (including phenoxy) is 3. The molecular weight excluding hydrogens is 385 g/mol. The summed E-state index contributed by atoms with van der Waals surface area (Å²) in [6.45, 7) is 1.50. The van der Waals surface area contributed by atoms with E-state index < -0.39 is 40.6 Å². The lowest BCUT2D eigenvalue weighted by atomic mass is 9.89. The van der Waals surface area contributed by atoms with Gasteiger partial charge in [-0.1, -0.05) is 60.3 Å². The predicted molar refractivity (Wildman–Crippen MR) is 101 cm³/mol. The Balaban J connectivity index is 1.57. The largest absolute Gasteiger partial charge is 0.358 e. The molecule has 8 heteroatoms. The number of hydrogen-bond acceptors (Lipinski definition) is 6. The van der Waals surface area contributed by atoms with Gasteiger partial charge in [0, 0.05) is 22.3 Å². The average molecular weight is 405 g/mol. The number of benzene rings is 2. The van der Waals surface area contributed by atoms with Gasteiger partial charge in [0.05, 0.1) is 6.61 Å². The molecule has 148 valence electrons. The predicted octanol–water partition coefficient (Wildman–Crippen LogP) is 3.99. The number of alkyl halides is 1. The second-order valence-electron chi connectivity index (χ2n) is 6.99. The van der Waals surface area contributed by atoms with Crippen LogP contribution >= 0.6 is 11.8 Å². The maximum absolute atomic E-state index is 15.1. The molecule has 6 nitrogen and oxygen atoms in total. The third-order valence-electron chi connectivity index (χ3n) is 5.19. The third-order valence-corrected chi connectivity index (χ3v) is 6.20. The quantitative estimate of drug-likeness (QED) is 0.426. The third kappa shape index (κ3) is 3.41. The van der Waals surface area contributed by atoms with Gasteiger partial charge in [-0.25, -0.2) is 4.39 Å². The van der Waals surface area contributed by atoms with Crippen LogP contribution in [0.15, 0.2) is 65.6 Å². The molecule has 4 rings (SSSR count). The maximum Gasteiger partial charge on any atom is 0.277 e. The smallest absolute Gasteiger partial charge is 0.277 e. The topological polar surface area (TPSA) is 70.8 Å². The van der Waals surface area contributed by atoms with Gasteiger partial charge in [0.25, 0.3) is 5.54 Å². The van der Waals surface area contributed by atoms with Gasteiger partial charge < -0.3 is 14.2 Å². The average Bonchev–Trinajstić information content (AvgIpc) is 3.03. The van der Waals surface area contributed by atoms with Crippen LogP contribution in [0.5, 0.6) is 0 Å². The summed E-state index contributed by atoms with van der Waals surface area (Å²) in [6.07, 6.45) is -3.62. The Morgan fingerprint density at radius 3 is 2.43 bits per heavy atom. The minimum atomic E-state index is -1.73. The molecule has 2 aromatic carbocycles. The lowest BCUT2D eigenvalue weighted by molar-refractivity contribution is -0.585. The fourth-order valence-electron chi connectivity index (χ4n) is 3.65. The Kier molecular flexibility index (Phi) is 5.37. The Labute approximate surface area is 166 Å². The molecule has 0 N–H and O–H groups in total. The van der Waals surface area contributed by atoms with Crippen LogP contribution in [-0.2, 0) is 14.2 Å². The summed E-state index contributed by atoms with van der Waals surface area (Å²) in [6, 6.07) is 18.1. The van der Waals surface area contributed by atoms with Crippen LogP contribution in [0.3, 0.4) is 0 Å². The Morgan fingerprint density at radius 2 is 1.79 bits per heavy atom. The molecule has 28 heavy (non-hydrogen) atoms. The summed E-state index contributed by atoms with van der Waals surface area (Å²) in [5, 5.41) is 12.0. The summed E-state index contributed by atoms with van der Waals surface area (Å²) in [5.41, 5.74) is -2.60. The zero-order chi connectivity index (χ0) is 19.7. The fourth-order valence-corrected chi connectivity index (χ4v) is 4.69. The van der Waals surface area contributed by atoms with Crippen molar-refractivity contribution in [1.82, 2.24) is 0 Å². The van der Waals surface area contributed by atoms with Crippen molar-refractivity contribution in [2.75, 3.05) is 6.61 Å². The van der Waals surface area contributed by atoms with Crippen LogP contribution in [-0.4, -0.2) is 40.9 Å². The zero-order valence-corrected chi connectivity index (χ0v) is 16.0. The molecule has 2 aromatic rings. The first kappa shape index (κ1) is 19.3. The van der Waals surface area contributed by atoms with E-state index in [9.17, 15) is 10.1 Å². The van der Waals surface area contributed by atoms with E-state index in [0.29, 0.717) is 4.90 Å². The van der Waals surface area contributed by atoms with E-state index in [4.69, 9.17) is 14.2 Å². The molecule has 1 unspecified atom stereocenters. The molecule has 0 bridgehead atoms. The van der Waals surface area contributed by atoms with E-state index in [1.165, 1.54) is 6.92 Å². The molecule has 2 saturated heterocycles. The molecule has 2 fully saturated rings. The van der Waals surface area contributed by atoms with Crippen molar-refractivity contribution in [3.63, 3.8) is 0 Å².